The van der Waals surface area contributed by atoms with Gasteiger partial charge in [-0.15, -0.1) is 0 Å². The van der Waals surface area contributed by atoms with Gasteiger partial charge >= 0.3 is 11.7 Å². The van der Waals surface area contributed by atoms with Crippen molar-refractivity contribution in [1.82, 2.24) is 4.98 Å². The number of hydrogen-bond donors (Lipinski definition) is 1. The van der Waals surface area contributed by atoms with Crippen molar-refractivity contribution in [2.24, 2.45) is 0 Å². The van der Waals surface area contributed by atoms with Crippen molar-refractivity contribution in [3.8, 4) is 6.07 Å². The van der Waals surface area contributed by atoms with E-state index in [9.17, 15) is 14.9 Å². The molecule has 2 heterocycles. The lowest BCUT2D eigenvalue weighted by Gasteiger charge is -2.30. The van der Waals surface area contributed by atoms with E-state index in [1.165, 1.54) is 0 Å². The Morgan fingerprint density at radius 2 is 2.45 bits per heavy atom. The molecule has 0 amide bonds. The molecule has 1 aliphatic heterocycles. The summed E-state index contributed by atoms with van der Waals surface area (Å²) >= 11 is 0. The highest BCUT2D eigenvalue weighted by Crippen LogP contribution is 2.23. The standard InChI is InChI=1S/C11H10N4O5/c12-4-7-6-14(1-2-20-7)10-3-8(11(16)17)9(5-13-10)15(18)19/h3,5,7H,1-2,6H2,(H,16,17). The van der Waals surface area contributed by atoms with Gasteiger partial charge in [-0.1, -0.05) is 0 Å². The van der Waals surface area contributed by atoms with Crippen molar-refractivity contribution in [3.05, 3.63) is 27.9 Å². The zero-order valence-electron chi connectivity index (χ0n) is 10.2. The lowest BCUT2D eigenvalue weighted by atomic mass is 10.2. The molecule has 0 aliphatic carbocycles. The summed E-state index contributed by atoms with van der Waals surface area (Å²) in [6.07, 6.45) is 0.282. The van der Waals surface area contributed by atoms with E-state index in [0.29, 0.717) is 13.2 Å². The van der Waals surface area contributed by atoms with Crippen LogP contribution in [0.3, 0.4) is 0 Å². The number of aromatic nitrogens is 1. The topological polar surface area (TPSA) is 130 Å². The Labute approximate surface area is 113 Å². The van der Waals surface area contributed by atoms with E-state index in [-0.39, 0.29) is 12.4 Å². The normalized spacial score (nSPS) is 18.4. The van der Waals surface area contributed by atoms with E-state index in [0.717, 1.165) is 12.3 Å². The van der Waals surface area contributed by atoms with E-state index in [4.69, 9.17) is 15.1 Å². The maximum Gasteiger partial charge on any atom is 0.342 e. The van der Waals surface area contributed by atoms with Crippen molar-refractivity contribution in [1.29, 1.82) is 5.26 Å². The van der Waals surface area contributed by atoms with E-state index >= 15 is 0 Å². The molecule has 1 aromatic heterocycles. The van der Waals surface area contributed by atoms with Gasteiger partial charge < -0.3 is 14.7 Å². The molecule has 0 aromatic carbocycles. The molecule has 20 heavy (non-hydrogen) atoms. The molecule has 0 saturated carbocycles. The zero-order chi connectivity index (χ0) is 14.7. The third-order valence-corrected chi connectivity index (χ3v) is 2.83. The molecule has 9 heteroatoms. The van der Waals surface area contributed by atoms with Crippen LogP contribution in [0.5, 0.6) is 0 Å². The second-order valence-electron chi connectivity index (χ2n) is 4.06. The van der Waals surface area contributed by atoms with Crippen LogP contribution in [0.2, 0.25) is 0 Å². The van der Waals surface area contributed by atoms with Gasteiger partial charge in [-0.05, 0) is 0 Å². The van der Waals surface area contributed by atoms with Crippen LogP contribution in [-0.2, 0) is 4.74 Å². The van der Waals surface area contributed by atoms with Crippen LogP contribution in [0.15, 0.2) is 12.3 Å². The number of rotatable bonds is 3. The number of ether oxygens (including phenoxy) is 1. The Morgan fingerprint density at radius 3 is 3.05 bits per heavy atom. The van der Waals surface area contributed by atoms with Gasteiger partial charge in [0.25, 0.3) is 0 Å². The number of nitriles is 1. The lowest BCUT2D eigenvalue weighted by Crippen LogP contribution is -2.42. The Morgan fingerprint density at radius 1 is 1.70 bits per heavy atom. The van der Waals surface area contributed by atoms with Gasteiger partial charge in [0.05, 0.1) is 24.1 Å². The largest absolute Gasteiger partial charge is 0.477 e. The third-order valence-electron chi connectivity index (χ3n) is 2.83. The summed E-state index contributed by atoms with van der Waals surface area (Å²) in [5, 5.41) is 28.6. The number of hydrogen-bond acceptors (Lipinski definition) is 7. The summed E-state index contributed by atoms with van der Waals surface area (Å²) in [7, 11) is 0. The van der Waals surface area contributed by atoms with Crippen molar-refractivity contribution in [2.45, 2.75) is 6.10 Å². The van der Waals surface area contributed by atoms with Crippen molar-refractivity contribution in [3.63, 3.8) is 0 Å². The monoisotopic (exact) mass is 278 g/mol. The first-order valence-electron chi connectivity index (χ1n) is 5.67. The van der Waals surface area contributed by atoms with Gasteiger partial charge in [-0.3, -0.25) is 10.1 Å². The third kappa shape index (κ3) is 2.65. The highest BCUT2D eigenvalue weighted by molar-refractivity contribution is 5.93. The molecule has 1 N–H and O–H groups in total. The smallest absolute Gasteiger partial charge is 0.342 e. The van der Waals surface area contributed by atoms with E-state index in [1.807, 2.05) is 6.07 Å². The molecule has 0 bridgehead atoms. The summed E-state index contributed by atoms with van der Waals surface area (Å²) in [4.78, 5) is 26.5. The number of carbonyl (C=O) groups is 1. The second-order valence-corrected chi connectivity index (χ2v) is 4.06. The van der Waals surface area contributed by atoms with Gasteiger partial charge in [-0.25, -0.2) is 9.78 Å². The van der Waals surface area contributed by atoms with Crippen molar-refractivity contribution in [2.75, 3.05) is 24.6 Å². The summed E-state index contributed by atoms with van der Waals surface area (Å²) < 4.78 is 5.16. The van der Waals surface area contributed by atoms with E-state index in [2.05, 4.69) is 4.98 Å². The quantitative estimate of drug-likeness (QED) is 0.621. The Bertz CT molecular complexity index is 597. The fourth-order valence-electron chi connectivity index (χ4n) is 1.86. The van der Waals surface area contributed by atoms with E-state index < -0.39 is 28.2 Å². The highest BCUT2D eigenvalue weighted by Gasteiger charge is 2.25. The van der Waals surface area contributed by atoms with Gasteiger partial charge in [0.2, 0.25) is 0 Å². The van der Waals surface area contributed by atoms with Crippen LogP contribution < -0.4 is 4.90 Å². The number of morpholine rings is 1. The number of carboxylic acid groups (broad SMARTS) is 1. The number of anilines is 1. The molecule has 1 aliphatic rings. The van der Waals surface area contributed by atoms with Crippen LogP contribution in [-0.4, -0.2) is 46.8 Å². The van der Waals surface area contributed by atoms with Crippen LogP contribution in [0.4, 0.5) is 11.5 Å². The van der Waals surface area contributed by atoms with Crippen LogP contribution in [0.1, 0.15) is 10.4 Å². The molecular weight excluding hydrogens is 268 g/mol. The van der Waals surface area contributed by atoms with Crippen molar-refractivity contribution >= 4 is 17.5 Å². The minimum Gasteiger partial charge on any atom is -0.477 e. The first kappa shape index (κ1) is 13.7. The first-order chi connectivity index (χ1) is 9.52. The second kappa shape index (κ2) is 5.50. The number of aromatic carboxylic acids is 1. The highest BCUT2D eigenvalue weighted by atomic mass is 16.6. The Hall–Kier alpha value is -2.73. The molecular formula is C11H10N4O5. The van der Waals surface area contributed by atoms with Crippen LogP contribution in [0, 0.1) is 21.4 Å². The summed E-state index contributed by atoms with van der Waals surface area (Å²) in [6, 6.07) is 3.09. The van der Waals surface area contributed by atoms with Crippen LogP contribution >= 0.6 is 0 Å². The van der Waals surface area contributed by atoms with Gasteiger partial charge in [0.1, 0.15) is 17.6 Å². The molecule has 0 radical (unpaired) electrons. The molecule has 0 spiro atoms. The first-order valence-corrected chi connectivity index (χ1v) is 5.67. The molecule has 1 saturated heterocycles. The number of carboxylic acids is 1. The average Bonchev–Trinajstić information content (AvgIpc) is 2.46. The summed E-state index contributed by atoms with van der Waals surface area (Å²) in [6.45, 7) is 0.974. The maximum absolute atomic E-state index is 11.1. The lowest BCUT2D eigenvalue weighted by molar-refractivity contribution is -0.385. The van der Waals surface area contributed by atoms with E-state index in [1.54, 1.807) is 4.90 Å². The van der Waals surface area contributed by atoms with Gasteiger partial charge in [0, 0.05) is 12.6 Å². The molecule has 9 nitrogen and oxygen atoms in total. The number of pyridine rings is 1. The average molecular weight is 278 g/mol. The molecule has 1 atom stereocenters. The van der Waals surface area contributed by atoms with Gasteiger partial charge in [0.15, 0.2) is 6.10 Å². The Kier molecular flexibility index (Phi) is 3.76. The molecule has 1 unspecified atom stereocenters. The van der Waals surface area contributed by atoms with Gasteiger partial charge in [-0.2, -0.15) is 5.26 Å². The predicted molar refractivity (Wildman–Crippen MR) is 65.4 cm³/mol. The molecule has 1 aromatic rings. The maximum atomic E-state index is 11.1. The summed E-state index contributed by atoms with van der Waals surface area (Å²) in [5.74, 6) is -1.12. The van der Waals surface area contributed by atoms with Crippen molar-refractivity contribution < 1.29 is 19.6 Å². The number of nitrogens with zero attached hydrogens (tertiary/aromatic N) is 4. The fourth-order valence-corrected chi connectivity index (χ4v) is 1.86. The number of nitro groups is 1. The summed E-state index contributed by atoms with van der Waals surface area (Å²) in [5.41, 5.74) is -0.994. The fraction of sp³-hybridized carbons (Fsp3) is 0.364. The molecule has 1 fully saturated rings. The van der Waals surface area contributed by atoms with Crippen LogP contribution in [0.25, 0.3) is 0 Å². The molecule has 2 rings (SSSR count). The minimum atomic E-state index is -1.40. The predicted octanol–water partition coefficient (Wildman–Crippen LogP) is 0.417. The SMILES string of the molecule is N#CC1CN(c2cc(C(=O)O)c([N+](=O)[O-])cn2)CCO1. The molecule has 104 valence electrons. The minimum absolute atomic E-state index is 0.236. The Balaban J connectivity index is 2.34. The zero-order valence-corrected chi connectivity index (χ0v) is 10.2.